The second-order valence-electron chi connectivity index (χ2n) is 4.13. The summed E-state index contributed by atoms with van der Waals surface area (Å²) in [6.07, 6.45) is -0.0260. The molecule has 3 amide bonds. The molecule has 0 aliphatic carbocycles. The third-order valence-corrected chi connectivity index (χ3v) is 3.15. The third-order valence-electron chi connectivity index (χ3n) is 2.42. The van der Waals surface area contributed by atoms with Gasteiger partial charge in [-0.15, -0.1) is 0 Å². The number of nitrogens with one attached hydrogen (secondary N) is 2. The molecule has 0 aliphatic rings. The van der Waals surface area contributed by atoms with E-state index in [1.165, 1.54) is 25.3 Å². The lowest BCUT2D eigenvalue weighted by molar-refractivity contribution is -0.127. The lowest BCUT2D eigenvalue weighted by Crippen LogP contribution is -2.44. The number of hydrogen-bond donors (Lipinski definition) is 2. The Bertz CT molecular complexity index is 586. The van der Waals surface area contributed by atoms with Gasteiger partial charge in [0.1, 0.15) is 5.03 Å². The molecule has 0 saturated heterocycles. The molecule has 7 nitrogen and oxygen atoms in total. The fourth-order valence-electron chi connectivity index (χ4n) is 1.42. The van der Waals surface area contributed by atoms with E-state index in [1.54, 1.807) is 6.92 Å². The van der Waals surface area contributed by atoms with E-state index >= 15 is 0 Å². The van der Waals surface area contributed by atoms with Crippen LogP contribution in [0, 0.1) is 0 Å². The zero-order valence-electron chi connectivity index (χ0n) is 12.3. The Morgan fingerprint density at radius 3 is 2.70 bits per heavy atom. The number of esters is 1. The summed E-state index contributed by atoms with van der Waals surface area (Å²) >= 11 is 0.0962. The molecule has 0 saturated carbocycles. The Balaban J connectivity index is 2.72. The molecule has 0 aliphatic heterocycles. The quantitative estimate of drug-likeness (QED) is 0.601. The number of hydrogen-bond acceptors (Lipinski definition) is 6. The van der Waals surface area contributed by atoms with Gasteiger partial charge in [-0.1, -0.05) is 0 Å². The lowest BCUT2D eigenvalue weighted by atomic mass is 10.3. The number of urea groups is 1. The van der Waals surface area contributed by atoms with Crippen LogP contribution in [0.2, 0.25) is 0 Å². The van der Waals surface area contributed by atoms with E-state index in [2.05, 4.69) is 10.3 Å². The van der Waals surface area contributed by atoms with Crippen molar-refractivity contribution in [2.45, 2.75) is 30.7 Å². The highest BCUT2D eigenvalue weighted by Gasteiger charge is 2.23. The summed E-state index contributed by atoms with van der Waals surface area (Å²) in [4.78, 5) is 38.5. The number of carbonyl (C=O) groups excluding carboxylic acids is 3. The van der Waals surface area contributed by atoms with Gasteiger partial charge in [-0.05, 0) is 37.7 Å². The molecule has 1 aromatic heterocycles. The van der Waals surface area contributed by atoms with Crippen molar-refractivity contribution in [1.82, 2.24) is 15.6 Å². The first-order valence-corrected chi connectivity index (χ1v) is 7.42. The molecule has 126 valence electrons. The third kappa shape index (κ3) is 6.19. The SMILES string of the molecule is CCNC(=O)NC(=O)[C@@H](C)OC(=O)c1cccnc1SC(F)F. The summed E-state index contributed by atoms with van der Waals surface area (Å²) in [7, 11) is 0. The van der Waals surface area contributed by atoms with Crippen LogP contribution in [-0.2, 0) is 9.53 Å². The molecule has 10 heteroatoms. The van der Waals surface area contributed by atoms with E-state index in [0.29, 0.717) is 6.54 Å². The largest absolute Gasteiger partial charge is 0.449 e. The second kappa shape index (κ2) is 9.03. The number of thioether (sulfide) groups is 1. The molecule has 1 aromatic rings. The van der Waals surface area contributed by atoms with Gasteiger partial charge in [0.25, 0.3) is 11.7 Å². The first-order valence-electron chi connectivity index (χ1n) is 6.54. The van der Waals surface area contributed by atoms with Crippen LogP contribution in [0.5, 0.6) is 0 Å². The van der Waals surface area contributed by atoms with Gasteiger partial charge in [0.2, 0.25) is 0 Å². The number of imide groups is 1. The van der Waals surface area contributed by atoms with Crippen molar-refractivity contribution in [2.75, 3.05) is 6.54 Å². The van der Waals surface area contributed by atoms with Gasteiger partial charge < -0.3 is 10.1 Å². The molecular formula is C13H15F2N3O4S. The van der Waals surface area contributed by atoms with E-state index in [4.69, 9.17) is 4.74 Å². The average Bonchev–Trinajstić information content (AvgIpc) is 2.47. The van der Waals surface area contributed by atoms with Crippen molar-refractivity contribution < 1.29 is 27.9 Å². The van der Waals surface area contributed by atoms with Gasteiger partial charge in [0.05, 0.1) is 5.56 Å². The summed E-state index contributed by atoms with van der Waals surface area (Å²) in [6.45, 7) is 3.23. The van der Waals surface area contributed by atoms with Crippen LogP contribution in [-0.4, -0.2) is 41.3 Å². The molecule has 0 radical (unpaired) electrons. The molecule has 1 atom stereocenters. The first-order chi connectivity index (χ1) is 10.8. The maximum atomic E-state index is 12.4. The van der Waals surface area contributed by atoms with E-state index in [1.807, 2.05) is 5.32 Å². The van der Waals surface area contributed by atoms with E-state index in [0.717, 1.165) is 0 Å². The zero-order valence-corrected chi connectivity index (χ0v) is 13.2. The molecule has 23 heavy (non-hydrogen) atoms. The Hall–Kier alpha value is -2.23. The van der Waals surface area contributed by atoms with Crippen LogP contribution in [0.1, 0.15) is 24.2 Å². The molecule has 2 N–H and O–H groups in total. The van der Waals surface area contributed by atoms with Crippen molar-refractivity contribution in [2.24, 2.45) is 0 Å². The summed E-state index contributed by atoms with van der Waals surface area (Å²) < 4.78 is 29.7. The minimum Gasteiger partial charge on any atom is -0.449 e. The predicted octanol–water partition coefficient (Wildman–Crippen LogP) is 1.79. The Morgan fingerprint density at radius 2 is 2.09 bits per heavy atom. The zero-order chi connectivity index (χ0) is 17.4. The van der Waals surface area contributed by atoms with E-state index in [9.17, 15) is 23.2 Å². The van der Waals surface area contributed by atoms with Crippen molar-refractivity contribution >= 4 is 29.7 Å². The van der Waals surface area contributed by atoms with Gasteiger partial charge in [-0.3, -0.25) is 10.1 Å². The number of nitrogens with zero attached hydrogens (tertiary/aromatic N) is 1. The minimum absolute atomic E-state index is 0.0962. The Kier molecular flexibility index (Phi) is 7.39. The molecule has 1 rings (SSSR count). The van der Waals surface area contributed by atoms with Crippen LogP contribution in [0.3, 0.4) is 0 Å². The van der Waals surface area contributed by atoms with Crippen molar-refractivity contribution in [3.8, 4) is 0 Å². The van der Waals surface area contributed by atoms with Gasteiger partial charge in [0.15, 0.2) is 6.10 Å². The summed E-state index contributed by atoms with van der Waals surface area (Å²) in [6, 6.07) is 1.91. The van der Waals surface area contributed by atoms with Gasteiger partial charge in [-0.25, -0.2) is 14.6 Å². The summed E-state index contributed by atoms with van der Waals surface area (Å²) in [5.74, 6) is -4.58. The van der Waals surface area contributed by atoms with Crippen LogP contribution in [0.15, 0.2) is 23.4 Å². The molecule has 0 fully saturated rings. The fourth-order valence-corrected chi connectivity index (χ4v) is 1.99. The molecule has 0 spiro atoms. The maximum Gasteiger partial charge on any atom is 0.341 e. The van der Waals surface area contributed by atoms with Gasteiger partial charge >= 0.3 is 12.0 Å². The second-order valence-corrected chi connectivity index (χ2v) is 5.11. The van der Waals surface area contributed by atoms with Crippen molar-refractivity contribution in [1.29, 1.82) is 0 Å². The maximum absolute atomic E-state index is 12.4. The number of rotatable bonds is 6. The van der Waals surface area contributed by atoms with Crippen LogP contribution >= 0.6 is 11.8 Å². The van der Waals surface area contributed by atoms with Crippen LogP contribution in [0.25, 0.3) is 0 Å². The van der Waals surface area contributed by atoms with Crippen molar-refractivity contribution in [3.05, 3.63) is 23.9 Å². The van der Waals surface area contributed by atoms with E-state index < -0.39 is 29.8 Å². The van der Waals surface area contributed by atoms with Crippen LogP contribution in [0.4, 0.5) is 13.6 Å². The highest BCUT2D eigenvalue weighted by molar-refractivity contribution is 7.99. The Morgan fingerprint density at radius 1 is 1.39 bits per heavy atom. The molecule has 0 unspecified atom stereocenters. The monoisotopic (exact) mass is 347 g/mol. The number of carbonyl (C=O) groups is 3. The van der Waals surface area contributed by atoms with Crippen molar-refractivity contribution in [3.63, 3.8) is 0 Å². The molecule has 0 bridgehead atoms. The lowest BCUT2D eigenvalue weighted by Gasteiger charge is -2.14. The number of alkyl halides is 2. The normalized spacial score (nSPS) is 11.7. The minimum atomic E-state index is -2.75. The van der Waals surface area contributed by atoms with Gasteiger partial charge in [0, 0.05) is 12.7 Å². The predicted molar refractivity (Wildman–Crippen MR) is 78.2 cm³/mol. The molecule has 1 heterocycles. The standard InChI is InChI=1S/C13H15F2N3O4S/c1-3-16-13(21)18-9(19)7(2)22-11(20)8-5-4-6-17-10(8)23-12(14)15/h4-7,12H,3H2,1-2H3,(H2,16,18,19,21)/t7-/m1/s1. The number of aromatic nitrogens is 1. The molecule has 0 aromatic carbocycles. The highest BCUT2D eigenvalue weighted by atomic mass is 32.2. The van der Waals surface area contributed by atoms with Crippen LogP contribution < -0.4 is 10.6 Å². The summed E-state index contributed by atoms with van der Waals surface area (Å²) in [5, 5.41) is 4.11. The topological polar surface area (TPSA) is 97.4 Å². The number of ether oxygens (including phenoxy) is 1. The highest BCUT2D eigenvalue weighted by Crippen LogP contribution is 2.26. The fraction of sp³-hybridized carbons (Fsp3) is 0.385. The smallest absolute Gasteiger partial charge is 0.341 e. The number of halogens is 2. The Labute approximate surface area is 135 Å². The molecular weight excluding hydrogens is 332 g/mol. The number of pyridine rings is 1. The van der Waals surface area contributed by atoms with Gasteiger partial charge in [-0.2, -0.15) is 8.78 Å². The first kappa shape index (κ1) is 18.8. The number of amides is 3. The van der Waals surface area contributed by atoms with E-state index in [-0.39, 0.29) is 22.4 Å². The average molecular weight is 347 g/mol. The summed E-state index contributed by atoms with van der Waals surface area (Å²) in [5.41, 5.74) is -0.185.